The normalized spacial score (nSPS) is 15.3. The van der Waals surface area contributed by atoms with Crippen LogP contribution in [0, 0.1) is 23.0 Å². The van der Waals surface area contributed by atoms with Crippen molar-refractivity contribution in [3.8, 4) is 0 Å². The minimum Gasteiger partial charge on any atom is -1.00 e. The standard InChI is InChI=1S/2C11H17.C2H6Si.2ClH.Ti/c2*1-5-9-6-7-10(8-9)11(2,3)4;1-3-2;;;/h2*8H,5,7H2,1-4H3;1-2H3;2*1H;/q2*-1;;;;+2/p-2. The molecule has 0 aromatic heterocycles. The SMILES string of the molecule is CCC1=[C-]CC(C(C)(C)C)=C1.CCC1=[C-]CC(C(C)(C)C)=C1.C[Si](C)=[Ti+2].[Cl-].[Cl-]. The van der Waals surface area contributed by atoms with Crippen molar-refractivity contribution in [1.82, 2.24) is 0 Å². The zero-order chi connectivity index (χ0) is 20.5. The molecule has 0 bridgehead atoms. The van der Waals surface area contributed by atoms with E-state index in [4.69, 9.17) is 0 Å². The van der Waals surface area contributed by atoms with E-state index in [-0.39, 0.29) is 31.0 Å². The molecule has 0 radical (unpaired) electrons. The van der Waals surface area contributed by atoms with E-state index < -0.39 is 0 Å². The van der Waals surface area contributed by atoms with E-state index in [1.165, 1.54) is 22.3 Å². The molecule has 4 heteroatoms. The topological polar surface area (TPSA) is 0 Å². The molecule has 0 aromatic carbocycles. The Morgan fingerprint density at radius 2 is 1.04 bits per heavy atom. The van der Waals surface area contributed by atoms with Crippen LogP contribution in [0.15, 0.2) is 34.4 Å². The smallest absolute Gasteiger partial charge is 1.00 e. The van der Waals surface area contributed by atoms with Gasteiger partial charge < -0.3 is 24.8 Å². The van der Waals surface area contributed by atoms with Crippen LogP contribution in [-0.4, -0.2) is 6.19 Å². The van der Waals surface area contributed by atoms with Crippen LogP contribution in [-0.2, 0) is 19.2 Å². The van der Waals surface area contributed by atoms with Gasteiger partial charge in [0.2, 0.25) is 0 Å². The molecule has 0 fully saturated rings. The van der Waals surface area contributed by atoms with E-state index in [2.05, 4.69) is 112 Å². The predicted molar refractivity (Wildman–Crippen MR) is 116 cm³/mol. The number of hydrogen-bond acceptors (Lipinski definition) is 0. The molecule has 2 aliphatic carbocycles. The first kappa shape index (κ1) is 33.1. The summed E-state index contributed by atoms with van der Waals surface area (Å²) in [6.45, 7) is 22.5. The summed E-state index contributed by atoms with van der Waals surface area (Å²) in [5.74, 6) is 0. The Bertz CT molecular complexity index is 545. The van der Waals surface area contributed by atoms with Crippen molar-refractivity contribution in [3.05, 3.63) is 46.6 Å². The van der Waals surface area contributed by atoms with Gasteiger partial charge in [-0.2, -0.15) is 11.1 Å². The Balaban J connectivity index is -0.000000355. The van der Waals surface area contributed by atoms with Crippen molar-refractivity contribution in [1.29, 1.82) is 0 Å². The maximum atomic E-state index is 3.39. The van der Waals surface area contributed by atoms with Gasteiger partial charge in [0.25, 0.3) is 0 Å². The Labute approximate surface area is 200 Å². The van der Waals surface area contributed by atoms with Gasteiger partial charge in [-0.05, 0) is 10.8 Å². The third-order valence-electron chi connectivity index (χ3n) is 4.40. The van der Waals surface area contributed by atoms with Gasteiger partial charge in [-0.15, -0.1) is 12.8 Å². The fourth-order valence-corrected chi connectivity index (χ4v) is 2.46. The Hall–Kier alpha value is 0.471. The molecule has 0 amide bonds. The quantitative estimate of drug-likeness (QED) is 0.422. The summed E-state index contributed by atoms with van der Waals surface area (Å²) in [5.41, 5.74) is 6.49. The maximum Gasteiger partial charge on any atom is -1.00 e. The largest absolute Gasteiger partial charge is 1.00 e. The van der Waals surface area contributed by atoms with Gasteiger partial charge in [0, 0.05) is 0 Å². The van der Waals surface area contributed by atoms with E-state index in [0.717, 1.165) is 25.7 Å². The van der Waals surface area contributed by atoms with E-state index in [9.17, 15) is 0 Å². The molecule has 0 heterocycles. The third-order valence-corrected chi connectivity index (χ3v) is 4.40. The molecule has 160 valence electrons. The van der Waals surface area contributed by atoms with Gasteiger partial charge in [-0.3, -0.25) is 12.2 Å². The molecular weight excluding hydrogens is 435 g/mol. The molecule has 28 heavy (non-hydrogen) atoms. The molecule has 0 nitrogen and oxygen atoms in total. The van der Waals surface area contributed by atoms with E-state index in [1.807, 2.05) is 0 Å². The zero-order valence-corrected chi connectivity index (χ0v) is 23.8. The molecule has 0 unspecified atom stereocenters. The summed E-state index contributed by atoms with van der Waals surface area (Å²) < 4.78 is 0. The van der Waals surface area contributed by atoms with Crippen molar-refractivity contribution in [3.63, 3.8) is 0 Å². The van der Waals surface area contributed by atoms with Crippen LogP contribution >= 0.6 is 0 Å². The van der Waals surface area contributed by atoms with Gasteiger partial charge in [-0.25, -0.2) is 23.3 Å². The van der Waals surface area contributed by atoms with Gasteiger partial charge in [-0.1, -0.05) is 68.2 Å². The van der Waals surface area contributed by atoms with Crippen LogP contribution in [0.4, 0.5) is 0 Å². The van der Waals surface area contributed by atoms with Gasteiger partial charge in [0.1, 0.15) is 0 Å². The van der Waals surface area contributed by atoms with E-state index in [0.29, 0.717) is 10.8 Å². The first-order valence-corrected chi connectivity index (χ1v) is 14.8. The third kappa shape index (κ3) is 14.5. The summed E-state index contributed by atoms with van der Waals surface area (Å²) in [6, 6.07) is 0. The first-order chi connectivity index (χ1) is 11.8. The van der Waals surface area contributed by atoms with Gasteiger partial charge in [0.05, 0.1) is 0 Å². The molecule has 0 saturated carbocycles. The van der Waals surface area contributed by atoms with Crippen molar-refractivity contribution >= 4 is 6.19 Å². The van der Waals surface area contributed by atoms with Crippen molar-refractivity contribution in [2.45, 2.75) is 94.2 Å². The Morgan fingerprint density at radius 3 is 1.14 bits per heavy atom. The second-order valence-electron chi connectivity index (χ2n) is 9.30. The number of allylic oxidation sites excluding steroid dienone is 8. The van der Waals surface area contributed by atoms with Crippen LogP contribution < -0.4 is 24.8 Å². The fourth-order valence-electron chi connectivity index (χ4n) is 2.46. The molecule has 0 aliphatic heterocycles. The summed E-state index contributed by atoms with van der Waals surface area (Å²) in [6.07, 6.45) is 15.9. The second kappa shape index (κ2) is 15.3. The monoisotopic (exact) mass is 474 g/mol. The minimum absolute atomic E-state index is 0. The van der Waals surface area contributed by atoms with Crippen molar-refractivity contribution in [2.24, 2.45) is 10.8 Å². The van der Waals surface area contributed by atoms with Crippen molar-refractivity contribution in [2.75, 3.05) is 0 Å². The van der Waals surface area contributed by atoms with Crippen molar-refractivity contribution < 1.29 is 44.0 Å². The minimum atomic E-state index is 0. The van der Waals surface area contributed by atoms with Gasteiger partial charge in [0.15, 0.2) is 0 Å². The molecule has 0 N–H and O–H groups in total. The number of halogens is 2. The zero-order valence-electron chi connectivity index (χ0n) is 19.7. The molecule has 2 rings (SSSR count). The average Bonchev–Trinajstić information content (AvgIpc) is 3.15. The maximum absolute atomic E-state index is 3.39. The molecule has 0 saturated heterocycles. The van der Waals surface area contributed by atoms with Gasteiger partial charge >= 0.3 is 38.5 Å². The van der Waals surface area contributed by atoms with Crippen LogP contribution in [0.1, 0.15) is 81.1 Å². The fraction of sp³-hybridized carbons (Fsp3) is 0.667. The summed E-state index contributed by atoms with van der Waals surface area (Å²) in [4.78, 5) is 0. The predicted octanol–water partition coefficient (Wildman–Crippen LogP) is 1.80. The summed E-state index contributed by atoms with van der Waals surface area (Å²) >= 11 is 2.27. The molecule has 2 aliphatic rings. The summed E-state index contributed by atoms with van der Waals surface area (Å²) in [5, 5.41) is 0. The average molecular weight is 475 g/mol. The molecule has 0 aromatic rings. The summed E-state index contributed by atoms with van der Waals surface area (Å²) in [7, 11) is 0. The molecule has 0 atom stereocenters. The van der Waals surface area contributed by atoms with Crippen LogP contribution in [0.2, 0.25) is 13.1 Å². The molecule has 0 spiro atoms. The van der Waals surface area contributed by atoms with Crippen LogP contribution in [0.3, 0.4) is 0 Å². The van der Waals surface area contributed by atoms with Crippen LogP contribution in [0.5, 0.6) is 0 Å². The number of rotatable bonds is 2. The first-order valence-electron chi connectivity index (χ1n) is 9.94. The second-order valence-corrected chi connectivity index (χ2v) is 16.0. The van der Waals surface area contributed by atoms with E-state index in [1.54, 1.807) is 0 Å². The Kier molecular flexibility index (Phi) is 18.1. The molecular formula is C24H40Cl2SiTi-2. The number of hydrogen-bond donors (Lipinski definition) is 0. The van der Waals surface area contributed by atoms with E-state index >= 15 is 0 Å². The van der Waals surface area contributed by atoms with Crippen LogP contribution in [0.25, 0.3) is 0 Å². The Morgan fingerprint density at radius 1 is 0.786 bits per heavy atom.